The number of carbonyl (C=O) groups is 4. The third-order valence-corrected chi connectivity index (χ3v) is 15.6. The van der Waals surface area contributed by atoms with Crippen molar-refractivity contribution in [2.75, 3.05) is 13.7 Å². The van der Waals surface area contributed by atoms with E-state index < -0.39 is 44.2 Å². The number of methoxy groups -OCH3 is 1. The number of amides is 2. The number of fused-ring (bicyclic) bond motifs is 6. The normalized spacial score (nSPS) is 32.8. The molecule has 0 radical (unpaired) electrons. The third kappa shape index (κ3) is 7.81. The van der Waals surface area contributed by atoms with Crippen molar-refractivity contribution in [1.82, 2.24) is 14.6 Å². The minimum atomic E-state index is -3.94. The molecule has 1 N–H and O–H groups in total. The van der Waals surface area contributed by atoms with Crippen molar-refractivity contribution in [2.24, 2.45) is 23.2 Å². The maximum absolute atomic E-state index is 14.7. The van der Waals surface area contributed by atoms with Gasteiger partial charge in [0.1, 0.15) is 18.0 Å². The molecule has 8 rings (SSSR count). The van der Waals surface area contributed by atoms with E-state index in [0.717, 1.165) is 68.7 Å². The van der Waals surface area contributed by atoms with Crippen LogP contribution in [0.3, 0.4) is 0 Å². The van der Waals surface area contributed by atoms with Gasteiger partial charge in [-0.1, -0.05) is 50.0 Å². The molecular weight excluding hydrogens is 735 g/mol. The summed E-state index contributed by atoms with van der Waals surface area (Å²) in [6, 6.07) is 6.80. The summed E-state index contributed by atoms with van der Waals surface area (Å²) < 4.78 is 46.5. The molecule has 3 saturated carbocycles. The van der Waals surface area contributed by atoms with E-state index >= 15 is 0 Å². The highest BCUT2D eigenvalue weighted by Crippen LogP contribution is 2.58. The largest absolute Gasteiger partial charge is 0.496 e. The molecule has 0 spiro atoms. The Labute approximate surface area is 329 Å². The zero-order valence-electron chi connectivity index (χ0n) is 32.6. The number of pyridine rings is 1. The Morgan fingerprint density at radius 1 is 1.00 bits per heavy atom. The van der Waals surface area contributed by atoms with Gasteiger partial charge in [0.05, 0.1) is 47.4 Å². The summed E-state index contributed by atoms with van der Waals surface area (Å²) in [5, 5.41) is 0.878. The maximum atomic E-state index is 14.7. The number of allylic oxidation sites excluding steroid dienone is 2. The van der Waals surface area contributed by atoms with Crippen LogP contribution in [0.2, 0.25) is 0 Å². The number of hydrogen-bond donors (Lipinski definition) is 1. The summed E-state index contributed by atoms with van der Waals surface area (Å²) >= 11 is 0. The Kier molecular flexibility index (Phi) is 10.7. The first-order valence-corrected chi connectivity index (χ1v) is 22.3. The number of ether oxygens (including phenoxy) is 3. The van der Waals surface area contributed by atoms with Crippen molar-refractivity contribution in [3.63, 3.8) is 0 Å². The fourth-order valence-electron chi connectivity index (χ4n) is 9.30. The molecule has 1 saturated heterocycles. The smallest absolute Gasteiger partial charge is 0.306 e. The van der Waals surface area contributed by atoms with E-state index in [1.165, 1.54) is 0 Å². The minimum Gasteiger partial charge on any atom is -0.496 e. The molecule has 4 heterocycles. The highest BCUT2D eigenvalue weighted by atomic mass is 32.2. The first-order chi connectivity index (χ1) is 26.9. The summed E-state index contributed by atoms with van der Waals surface area (Å²) in [5.74, 6) is -1.21. The van der Waals surface area contributed by atoms with Crippen molar-refractivity contribution in [2.45, 2.75) is 139 Å². The molecule has 4 fully saturated rings. The molecule has 2 aromatic rings. The molecule has 56 heavy (non-hydrogen) atoms. The number of Topliss-reactive ketones (excluding diaryl/α,β-unsaturated/α-hetero) is 1. The molecule has 12 nitrogen and oxygen atoms in total. The van der Waals surface area contributed by atoms with Crippen molar-refractivity contribution >= 4 is 44.5 Å². The van der Waals surface area contributed by atoms with Crippen LogP contribution in [0.15, 0.2) is 36.4 Å². The number of aromatic nitrogens is 1. The number of rotatable bonds is 4. The van der Waals surface area contributed by atoms with Gasteiger partial charge in [-0.05, 0) is 95.1 Å². The second-order valence-electron chi connectivity index (χ2n) is 17.5. The number of nitrogens with one attached hydrogen (secondary N) is 1. The lowest BCUT2D eigenvalue weighted by molar-refractivity contribution is -0.151. The number of hydrogen-bond acceptors (Lipinski definition) is 10. The van der Waals surface area contributed by atoms with Crippen molar-refractivity contribution in [3.8, 4) is 11.6 Å². The first kappa shape index (κ1) is 38.9. The van der Waals surface area contributed by atoms with Crippen LogP contribution in [-0.2, 0) is 40.4 Å². The Hall–Kier alpha value is -4.00. The highest BCUT2D eigenvalue weighted by molar-refractivity contribution is 7.91. The van der Waals surface area contributed by atoms with Gasteiger partial charge < -0.3 is 19.1 Å². The van der Waals surface area contributed by atoms with E-state index in [9.17, 15) is 27.6 Å². The maximum Gasteiger partial charge on any atom is 0.306 e. The number of sulfonamides is 1. The number of ketones is 1. The molecule has 0 unspecified atom stereocenters. The monoisotopic (exact) mass is 789 g/mol. The summed E-state index contributed by atoms with van der Waals surface area (Å²) in [7, 11) is -2.29. The summed E-state index contributed by atoms with van der Waals surface area (Å²) in [5.41, 5.74) is 0.315. The quantitative estimate of drug-likeness (QED) is 0.282. The molecule has 6 aliphatic rings. The standard InChI is InChI=1S/C43H55N3O9S/c1-42(19-20-42)56(51,52)45-41(50)43-24-29(43)15-9-5-3-4-7-14-28-22-37(48)55-36-21-27(36)13-8-6-10-17-32-38(53-2)31-16-11-12-18-33(31)44-39(32)54-30-23-34(35(47)25-43)46(26-30)40(28)49/h9,11-12,15-16,18,27-30,34,36H,3-8,10,13-14,17,19-26H2,1-2H3,(H,45,50)/b15-9-/t27-,28-,29-,30-,34+,36-,43-/m1/s1. The molecule has 13 heteroatoms. The molecule has 1 aromatic heterocycles. The van der Waals surface area contributed by atoms with Crippen LogP contribution in [0.5, 0.6) is 11.6 Å². The summed E-state index contributed by atoms with van der Waals surface area (Å²) in [4.78, 5) is 63.3. The first-order valence-electron chi connectivity index (χ1n) is 20.8. The van der Waals surface area contributed by atoms with Gasteiger partial charge in [-0.15, -0.1) is 0 Å². The number of esters is 1. The topological polar surface area (TPSA) is 158 Å². The lowest BCUT2D eigenvalue weighted by Gasteiger charge is -2.29. The summed E-state index contributed by atoms with van der Waals surface area (Å²) in [6.45, 7) is 1.72. The van der Waals surface area contributed by atoms with E-state index in [-0.39, 0.29) is 55.5 Å². The van der Waals surface area contributed by atoms with Crippen LogP contribution in [-0.4, -0.2) is 78.5 Å². The number of benzene rings is 1. The Morgan fingerprint density at radius 3 is 2.59 bits per heavy atom. The van der Waals surface area contributed by atoms with E-state index in [1.807, 2.05) is 36.4 Å². The van der Waals surface area contributed by atoms with Crippen molar-refractivity contribution < 1.29 is 41.8 Å². The van der Waals surface area contributed by atoms with Gasteiger partial charge in [0.25, 0.3) is 0 Å². The summed E-state index contributed by atoms with van der Waals surface area (Å²) in [6.07, 6.45) is 13.4. The van der Waals surface area contributed by atoms with Gasteiger partial charge in [-0.25, -0.2) is 13.4 Å². The Balaban J connectivity index is 1.14. The Morgan fingerprint density at radius 2 is 1.79 bits per heavy atom. The van der Waals surface area contributed by atoms with Gasteiger partial charge in [0.15, 0.2) is 5.78 Å². The van der Waals surface area contributed by atoms with Crippen molar-refractivity contribution in [1.29, 1.82) is 0 Å². The number of para-hydroxylation sites is 1. The fraction of sp³-hybridized carbons (Fsp3) is 0.651. The highest BCUT2D eigenvalue weighted by Gasteiger charge is 2.62. The predicted octanol–water partition coefficient (Wildman–Crippen LogP) is 6.13. The average Bonchev–Trinajstić information content (AvgIpc) is 4.13. The van der Waals surface area contributed by atoms with Crippen LogP contribution in [0.25, 0.3) is 10.9 Å². The van der Waals surface area contributed by atoms with E-state index in [2.05, 4.69) is 4.72 Å². The molecule has 3 aliphatic carbocycles. The zero-order valence-corrected chi connectivity index (χ0v) is 33.4. The van der Waals surface area contributed by atoms with Gasteiger partial charge in [0, 0.05) is 24.1 Å². The molecular formula is C43H55N3O9S. The van der Waals surface area contributed by atoms with Crippen LogP contribution in [0.1, 0.15) is 115 Å². The fourth-order valence-corrected chi connectivity index (χ4v) is 10.6. The second kappa shape index (κ2) is 15.4. The molecule has 2 amide bonds. The second-order valence-corrected chi connectivity index (χ2v) is 19.7. The van der Waals surface area contributed by atoms with E-state index in [4.69, 9.17) is 19.2 Å². The SMILES string of the molecule is COc1c2c(nc3ccccc13)O[C@@H]1C[C@H]3C(=O)C[C@]4(C(=O)NS(=O)(=O)C5(C)CC5)C[C@H]4/C=C\CCCCC[C@H](CC(=O)O[C@@H]4C[C@H]4CCCCC2)C(=O)N3C1. The van der Waals surface area contributed by atoms with Crippen LogP contribution in [0, 0.1) is 23.2 Å². The van der Waals surface area contributed by atoms with E-state index in [0.29, 0.717) is 55.2 Å². The number of nitrogens with zero attached hydrogens (tertiary/aromatic N) is 2. The molecule has 3 bridgehead atoms. The van der Waals surface area contributed by atoms with Gasteiger partial charge in [-0.3, -0.25) is 23.9 Å². The van der Waals surface area contributed by atoms with Crippen LogP contribution < -0.4 is 14.2 Å². The van der Waals surface area contributed by atoms with Crippen molar-refractivity contribution in [3.05, 3.63) is 42.0 Å². The van der Waals surface area contributed by atoms with Gasteiger partial charge >= 0.3 is 5.97 Å². The van der Waals surface area contributed by atoms with Crippen LogP contribution >= 0.6 is 0 Å². The lowest BCUT2D eigenvalue weighted by atomic mass is 9.90. The molecule has 1 aromatic carbocycles. The van der Waals surface area contributed by atoms with Gasteiger partial charge in [-0.2, -0.15) is 0 Å². The molecule has 302 valence electrons. The third-order valence-electron chi connectivity index (χ3n) is 13.4. The van der Waals surface area contributed by atoms with Gasteiger partial charge in [0.2, 0.25) is 27.7 Å². The number of carbonyl (C=O) groups excluding carboxylic acids is 4. The molecule has 3 aliphatic heterocycles. The average molecular weight is 790 g/mol. The minimum absolute atomic E-state index is 0.0660. The predicted molar refractivity (Wildman–Crippen MR) is 208 cm³/mol. The Bertz CT molecular complexity index is 2030. The zero-order chi connectivity index (χ0) is 39.2. The molecule has 7 atom stereocenters. The van der Waals surface area contributed by atoms with Crippen LogP contribution in [0.4, 0.5) is 0 Å². The lowest BCUT2D eigenvalue weighted by Crippen LogP contribution is -2.47. The van der Waals surface area contributed by atoms with E-state index in [1.54, 1.807) is 18.9 Å².